The first-order valence-corrected chi connectivity index (χ1v) is 7.27. The highest BCUT2D eigenvalue weighted by molar-refractivity contribution is 6.55. The molecule has 5 N–H and O–H groups in total. The molecule has 0 atom stereocenters. The van der Waals surface area contributed by atoms with E-state index in [1.54, 1.807) is 12.1 Å². The third kappa shape index (κ3) is 2.97. The van der Waals surface area contributed by atoms with E-state index >= 15 is 0 Å². The van der Waals surface area contributed by atoms with Gasteiger partial charge < -0.3 is 25.9 Å². The highest BCUT2D eigenvalue weighted by Gasteiger charge is 2.52. The molecule has 1 aromatic rings. The SMILES string of the molecule is Cc1nc(N)c(N)cc1C=C(CO)B1OC(C)(C)C(C)(C)O1. The van der Waals surface area contributed by atoms with Crippen LogP contribution in [0.1, 0.15) is 39.0 Å². The van der Waals surface area contributed by atoms with Gasteiger partial charge in [-0.1, -0.05) is 6.08 Å². The summed E-state index contributed by atoms with van der Waals surface area (Å²) < 4.78 is 11.9. The van der Waals surface area contributed by atoms with Crippen LogP contribution in [0.25, 0.3) is 6.08 Å². The quantitative estimate of drug-likeness (QED) is 0.732. The summed E-state index contributed by atoms with van der Waals surface area (Å²) in [6.07, 6.45) is 1.79. The molecule has 7 heteroatoms. The zero-order chi connectivity index (χ0) is 16.7. The van der Waals surface area contributed by atoms with Crippen LogP contribution >= 0.6 is 0 Å². The Balaban J connectivity index is 2.36. The van der Waals surface area contributed by atoms with Gasteiger partial charge in [-0.05, 0) is 51.7 Å². The molecule has 1 aromatic heterocycles. The summed E-state index contributed by atoms with van der Waals surface area (Å²) in [5, 5.41) is 9.70. The van der Waals surface area contributed by atoms with E-state index in [-0.39, 0.29) is 6.61 Å². The van der Waals surface area contributed by atoms with Gasteiger partial charge >= 0.3 is 7.12 Å². The number of nitrogen functional groups attached to an aromatic ring is 2. The second-order valence-corrected chi connectivity index (χ2v) is 6.60. The van der Waals surface area contributed by atoms with Gasteiger partial charge in [0.15, 0.2) is 0 Å². The number of aliphatic hydroxyl groups is 1. The fraction of sp³-hybridized carbons (Fsp3) is 0.533. The summed E-state index contributed by atoms with van der Waals surface area (Å²) in [6, 6.07) is 1.73. The van der Waals surface area contributed by atoms with Crippen LogP contribution in [0.3, 0.4) is 0 Å². The van der Waals surface area contributed by atoms with Crippen molar-refractivity contribution in [3.05, 3.63) is 22.8 Å². The van der Waals surface area contributed by atoms with Gasteiger partial charge in [0.1, 0.15) is 5.82 Å². The number of aryl methyl sites for hydroxylation is 1. The number of nitrogens with zero attached hydrogens (tertiary/aromatic N) is 1. The molecule has 120 valence electrons. The smallest absolute Gasteiger partial charge is 0.400 e. The molecule has 6 nitrogen and oxygen atoms in total. The van der Waals surface area contributed by atoms with E-state index in [9.17, 15) is 5.11 Å². The number of hydrogen-bond donors (Lipinski definition) is 3. The van der Waals surface area contributed by atoms with E-state index in [0.29, 0.717) is 17.0 Å². The Labute approximate surface area is 131 Å². The molecule has 0 amide bonds. The van der Waals surface area contributed by atoms with Crippen molar-refractivity contribution < 1.29 is 14.4 Å². The molecule has 1 aliphatic heterocycles. The van der Waals surface area contributed by atoms with Crippen molar-refractivity contribution in [1.29, 1.82) is 0 Å². The lowest BCUT2D eigenvalue weighted by molar-refractivity contribution is 0.00578. The summed E-state index contributed by atoms with van der Waals surface area (Å²) >= 11 is 0. The Bertz CT molecular complexity index is 598. The highest BCUT2D eigenvalue weighted by Crippen LogP contribution is 2.38. The average molecular weight is 305 g/mol. The second kappa shape index (κ2) is 5.57. The lowest BCUT2D eigenvalue weighted by Crippen LogP contribution is -2.41. The molecule has 0 spiro atoms. The van der Waals surface area contributed by atoms with E-state index < -0.39 is 18.3 Å². The zero-order valence-corrected chi connectivity index (χ0v) is 13.8. The largest absolute Gasteiger partial charge is 0.492 e. The Kier molecular flexibility index (Phi) is 4.25. The van der Waals surface area contributed by atoms with E-state index in [1.165, 1.54) is 0 Å². The number of aliphatic hydroxyl groups excluding tert-OH is 1. The molecule has 0 radical (unpaired) electrons. The highest BCUT2D eigenvalue weighted by atomic mass is 16.7. The van der Waals surface area contributed by atoms with Crippen molar-refractivity contribution in [3.8, 4) is 0 Å². The minimum absolute atomic E-state index is 0.180. The number of hydrogen-bond acceptors (Lipinski definition) is 6. The Hall–Kier alpha value is -1.57. The Morgan fingerprint density at radius 3 is 2.32 bits per heavy atom. The van der Waals surface area contributed by atoms with Crippen molar-refractivity contribution >= 4 is 24.7 Å². The first kappa shape index (κ1) is 16.8. The molecule has 22 heavy (non-hydrogen) atoms. The standard InChI is InChI=1S/C15H24BN3O3/c1-9-10(7-12(17)13(18)19-9)6-11(8-20)16-21-14(2,3)15(4,5)22-16/h6-7,20H,8,17H2,1-5H3,(H2,18,19). The zero-order valence-electron chi connectivity index (χ0n) is 13.8. The van der Waals surface area contributed by atoms with Crippen LogP contribution in [0.2, 0.25) is 0 Å². The molecule has 1 saturated heterocycles. The molecule has 2 rings (SSSR count). The third-order valence-electron chi connectivity index (χ3n) is 4.39. The number of rotatable bonds is 3. The molecule has 0 unspecified atom stereocenters. The number of anilines is 2. The third-order valence-corrected chi connectivity index (χ3v) is 4.39. The molecule has 0 aromatic carbocycles. The maximum Gasteiger partial charge on any atom is 0.492 e. The number of aromatic nitrogens is 1. The van der Waals surface area contributed by atoms with Gasteiger partial charge in [-0.25, -0.2) is 4.98 Å². The maximum atomic E-state index is 9.70. The summed E-state index contributed by atoms with van der Waals surface area (Å²) in [6.45, 7) is 9.53. The molecule has 1 aliphatic rings. The summed E-state index contributed by atoms with van der Waals surface area (Å²) in [4.78, 5) is 4.19. The summed E-state index contributed by atoms with van der Waals surface area (Å²) in [7, 11) is -0.604. The Morgan fingerprint density at radius 1 is 1.27 bits per heavy atom. The van der Waals surface area contributed by atoms with Crippen molar-refractivity contribution in [3.63, 3.8) is 0 Å². The molecule has 1 fully saturated rings. The van der Waals surface area contributed by atoms with Crippen molar-refractivity contribution in [2.24, 2.45) is 0 Å². The van der Waals surface area contributed by atoms with Gasteiger partial charge in [0.05, 0.1) is 23.5 Å². The van der Waals surface area contributed by atoms with Gasteiger partial charge in [0, 0.05) is 5.69 Å². The first-order chi connectivity index (χ1) is 10.1. The molecule has 2 heterocycles. The molecule has 0 saturated carbocycles. The van der Waals surface area contributed by atoms with Crippen LogP contribution in [0.4, 0.5) is 11.5 Å². The van der Waals surface area contributed by atoms with Gasteiger partial charge in [-0.3, -0.25) is 0 Å². The number of pyridine rings is 1. The van der Waals surface area contributed by atoms with Crippen LogP contribution in [-0.2, 0) is 9.31 Å². The first-order valence-electron chi connectivity index (χ1n) is 7.27. The van der Waals surface area contributed by atoms with Gasteiger partial charge in [0.25, 0.3) is 0 Å². The van der Waals surface area contributed by atoms with Crippen molar-refractivity contribution in [2.45, 2.75) is 45.8 Å². The van der Waals surface area contributed by atoms with Crippen LogP contribution in [0.5, 0.6) is 0 Å². The van der Waals surface area contributed by atoms with Crippen molar-refractivity contribution in [1.82, 2.24) is 4.98 Å². The maximum absolute atomic E-state index is 9.70. The molecular formula is C15H24BN3O3. The van der Waals surface area contributed by atoms with E-state index in [0.717, 1.165) is 11.3 Å². The predicted octanol–water partition coefficient (Wildman–Crippen LogP) is 1.56. The Morgan fingerprint density at radius 2 is 1.82 bits per heavy atom. The predicted molar refractivity (Wildman–Crippen MR) is 88.9 cm³/mol. The van der Waals surface area contributed by atoms with Crippen LogP contribution < -0.4 is 11.5 Å². The van der Waals surface area contributed by atoms with Crippen LogP contribution in [0, 0.1) is 6.92 Å². The van der Waals surface area contributed by atoms with Gasteiger partial charge in [-0.15, -0.1) is 0 Å². The van der Waals surface area contributed by atoms with Crippen LogP contribution in [-0.4, -0.2) is 35.0 Å². The topological polar surface area (TPSA) is 104 Å². The van der Waals surface area contributed by atoms with Crippen LogP contribution in [0.15, 0.2) is 11.5 Å². The monoisotopic (exact) mass is 305 g/mol. The minimum Gasteiger partial charge on any atom is -0.400 e. The normalized spacial score (nSPS) is 20.5. The van der Waals surface area contributed by atoms with E-state index in [1.807, 2.05) is 34.6 Å². The lowest BCUT2D eigenvalue weighted by Gasteiger charge is -2.32. The number of nitrogens with two attached hydrogens (primary N) is 2. The minimum atomic E-state index is -0.604. The van der Waals surface area contributed by atoms with E-state index in [4.69, 9.17) is 20.8 Å². The molecule has 0 bridgehead atoms. The molecule has 0 aliphatic carbocycles. The van der Waals surface area contributed by atoms with Gasteiger partial charge in [-0.2, -0.15) is 0 Å². The fourth-order valence-corrected chi connectivity index (χ4v) is 2.18. The van der Waals surface area contributed by atoms with Crippen molar-refractivity contribution in [2.75, 3.05) is 18.1 Å². The lowest BCUT2D eigenvalue weighted by atomic mass is 9.77. The average Bonchev–Trinajstić information content (AvgIpc) is 2.61. The second-order valence-electron chi connectivity index (χ2n) is 6.60. The summed E-state index contributed by atoms with van der Waals surface area (Å²) in [5.74, 6) is 0.302. The molecular weight excluding hydrogens is 281 g/mol. The van der Waals surface area contributed by atoms with Gasteiger partial charge in [0.2, 0.25) is 0 Å². The van der Waals surface area contributed by atoms with E-state index in [2.05, 4.69) is 4.98 Å². The fourth-order valence-electron chi connectivity index (χ4n) is 2.18. The summed E-state index contributed by atoms with van der Waals surface area (Å²) in [5.41, 5.74) is 13.1.